The van der Waals surface area contributed by atoms with Crippen LogP contribution in [0.25, 0.3) is 0 Å². The molecule has 0 spiro atoms. The predicted octanol–water partition coefficient (Wildman–Crippen LogP) is 6.53. The van der Waals surface area contributed by atoms with Crippen LogP contribution in [0.3, 0.4) is 0 Å². The zero-order valence-corrected chi connectivity index (χ0v) is 22.0. The van der Waals surface area contributed by atoms with Crippen LogP contribution in [0.15, 0.2) is 91.0 Å². The van der Waals surface area contributed by atoms with Gasteiger partial charge in [0.2, 0.25) is 0 Å². The lowest BCUT2D eigenvalue weighted by atomic mass is 10.2. The summed E-state index contributed by atoms with van der Waals surface area (Å²) in [5.74, 6) is 0. The summed E-state index contributed by atoms with van der Waals surface area (Å²) >= 11 is 0. The van der Waals surface area contributed by atoms with Gasteiger partial charge in [-0.2, -0.15) is 0 Å². The Labute approximate surface area is 188 Å². The summed E-state index contributed by atoms with van der Waals surface area (Å²) < 4.78 is 15.1. The van der Waals surface area contributed by atoms with Gasteiger partial charge in [0, 0.05) is 15.9 Å². The summed E-state index contributed by atoms with van der Waals surface area (Å²) in [6, 6.07) is 30.3. The van der Waals surface area contributed by atoms with Crippen LogP contribution < -0.4 is 20.8 Å². The van der Waals surface area contributed by atoms with Gasteiger partial charge >= 0.3 is 0 Å². The van der Waals surface area contributed by atoms with Gasteiger partial charge in [-0.05, 0) is 41.5 Å². The van der Waals surface area contributed by atoms with Crippen LogP contribution in [0, 0.1) is 0 Å². The van der Waals surface area contributed by atoms with Gasteiger partial charge in [-0.15, -0.1) is 0 Å². The molecule has 0 aliphatic heterocycles. The molecule has 0 fully saturated rings. The van der Waals surface area contributed by atoms with Crippen LogP contribution >= 0.6 is 20.5 Å². The maximum atomic E-state index is 15.1. The molecule has 31 heavy (non-hydrogen) atoms. The van der Waals surface area contributed by atoms with Crippen molar-refractivity contribution in [3.63, 3.8) is 0 Å². The van der Waals surface area contributed by atoms with E-state index in [1.807, 2.05) is 96.1 Å². The Morgan fingerprint density at radius 1 is 0.581 bits per heavy atom. The molecule has 0 aliphatic rings. The van der Waals surface area contributed by atoms with Crippen LogP contribution in [-0.4, -0.2) is 10.3 Å². The Balaban J connectivity index is 2.69. The third kappa shape index (κ3) is 4.05. The number of rotatable bonds is 4. The second kappa shape index (κ2) is 8.84. The van der Waals surface area contributed by atoms with Gasteiger partial charge in [-0.25, -0.2) is 0 Å². The monoisotopic (exact) mass is 470 g/mol. The highest BCUT2D eigenvalue weighted by atomic mass is 32.3. The fourth-order valence-corrected chi connectivity index (χ4v) is 29.3. The quantitative estimate of drug-likeness (QED) is 0.407. The first-order chi connectivity index (χ1) is 14.5. The van der Waals surface area contributed by atoms with E-state index in [4.69, 9.17) is 0 Å². The highest BCUT2D eigenvalue weighted by Crippen LogP contribution is 2.87. The minimum atomic E-state index is -3.24. The number of hydrogen-bond donors (Lipinski definition) is 0. The molecule has 3 aromatic carbocycles. The lowest BCUT2D eigenvalue weighted by Crippen LogP contribution is -2.32. The maximum Gasteiger partial charge on any atom is 0.266 e. The Kier molecular flexibility index (Phi) is 6.91. The van der Waals surface area contributed by atoms with E-state index < -0.39 is 30.8 Å². The van der Waals surface area contributed by atoms with E-state index in [1.54, 1.807) is 0 Å². The molecule has 5 heteroatoms. The van der Waals surface area contributed by atoms with E-state index in [9.17, 15) is 0 Å². The number of hydrogen-bond acceptors (Lipinski definition) is 2. The van der Waals surface area contributed by atoms with Crippen LogP contribution in [0.4, 0.5) is 0 Å². The van der Waals surface area contributed by atoms with Gasteiger partial charge in [0.1, 0.15) is 13.7 Å². The highest BCUT2D eigenvalue weighted by molar-refractivity contribution is 8.50. The average Bonchev–Trinajstić information content (AvgIpc) is 2.74. The summed E-state index contributed by atoms with van der Waals surface area (Å²) in [6.07, 6.45) is 0. The second-order valence-electron chi connectivity index (χ2n) is 9.81. The Hall–Kier alpha value is -1.42. The minimum Gasteiger partial charge on any atom is -0.628 e. The largest absolute Gasteiger partial charge is 0.628 e. The molecule has 0 saturated heterocycles. The first kappa shape index (κ1) is 24.2. The van der Waals surface area contributed by atoms with Gasteiger partial charge in [-0.1, -0.05) is 91.0 Å². The zero-order chi connectivity index (χ0) is 22.9. The van der Waals surface area contributed by atoms with Crippen LogP contribution in [0.2, 0.25) is 0 Å². The highest BCUT2D eigenvalue weighted by Gasteiger charge is 2.57. The first-order valence-electron chi connectivity index (χ1n) is 10.6. The summed E-state index contributed by atoms with van der Waals surface area (Å²) in [5.41, 5.74) is 0. The average molecular weight is 470 g/mol. The second-order valence-corrected chi connectivity index (χ2v) is 23.6. The van der Waals surface area contributed by atoms with Gasteiger partial charge in [0.25, 0.3) is 6.83 Å². The molecule has 3 rings (SSSR count). The van der Waals surface area contributed by atoms with Gasteiger partial charge in [0.05, 0.1) is 10.3 Å². The van der Waals surface area contributed by atoms with Crippen molar-refractivity contribution in [1.29, 1.82) is 0 Å². The molecule has 0 saturated carbocycles. The van der Waals surface area contributed by atoms with Crippen LogP contribution in [0.5, 0.6) is 0 Å². The van der Waals surface area contributed by atoms with E-state index >= 15 is 9.46 Å². The van der Waals surface area contributed by atoms with Crippen molar-refractivity contribution in [3.05, 3.63) is 91.0 Å². The van der Waals surface area contributed by atoms with Gasteiger partial charge in [-0.3, -0.25) is 4.57 Å². The molecule has 0 heterocycles. The van der Waals surface area contributed by atoms with Gasteiger partial charge < -0.3 is 4.89 Å². The third-order valence-electron chi connectivity index (χ3n) is 5.71. The maximum absolute atomic E-state index is 15.1. The van der Waals surface area contributed by atoms with Gasteiger partial charge in [0.15, 0.2) is 0 Å². The predicted molar refractivity (Wildman–Crippen MR) is 139 cm³/mol. The summed E-state index contributed by atoms with van der Waals surface area (Å²) in [6.45, 7) is 5.98. The Morgan fingerprint density at radius 2 is 0.839 bits per heavy atom. The molecule has 2 nitrogen and oxygen atoms in total. The van der Waals surface area contributed by atoms with E-state index in [0.29, 0.717) is 0 Å². The summed E-state index contributed by atoms with van der Waals surface area (Å²) in [5, 5.41) is 1.86. The fraction of sp³-hybridized carbons (Fsp3) is 0.308. The zero-order valence-electron chi connectivity index (χ0n) is 19.3. The SMILES string of the molecule is CC(C)(C)P(=O)([P+]([O-])=P(c1ccccc1)(c1ccccc1)c1ccccc1)C(C)(C)C. The van der Waals surface area contributed by atoms with Crippen molar-refractivity contribution < 1.29 is 9.46 Å². The van der Waals surface area contributed by atoms with Crippen molar-refractivity contribution in [1.82, 2.24) is 0 Å². The first-order valence-corrected chi connectivity index (χ1v) is 16.8. The Bertz CT molecular complexity index is 1000. The fourth-order valence-electron chi connectivity index (χ4n) is 4.38. The van der Waals surface area contributed by atoms with Crippen molar-refractivity contribution in [2.24, 2.45) is 0 Å². The standard InChI is InChI=1S/C26H33O2P3/c1-25(2,3)31(28,26(4,5)6)29(27)30(22-16-10-7-11-17-22,23-18-12-8-13-19-23)24-20-14-9-15-21-24/h7-21H,1-6H3. The van der Waals surface area contributed by atoms with Crippen molar-refractivity contribution >= 4 is 36.4 Å². The molecule has 1 unspecified atom stereocenters. The minimum absolute atomic E-state index is 0.595. The molecular formula is C26H33O2P3. The molecule has 0 aromatic heterocycles. The molecule has 0 aliphatic carbocycles. The Morgan fingerprint density at radius 3 is 1.06 bits per heavy atom. The molecule has 1 atom stereocenters. The summed E-state index contributed by atoms with van der Waals surface area (Å²) in [7, 11) is -2.16. The lowest BCUT2D eigenvalue weighted by Gasteiger charge is -2.40. The normalized spacial score (nSPS) is 13.7. The van der Waals surface area contributed by atoms with E-state index in [-0.39, 0.29) is 0 Å². The van der Waals surface area contributed by atoms with Crippen molar-refractivity contribution in [3.8, 4) is 0 Å². The molecule has 0 N–H and O–H groups in total. The molecule has 0 amide bonds. The molecule has 164 valence electrons. The molecule has 0 bridgehead atoms. The molecular weight excluding hydrogens is 437 g/mol. The van der Waals surface area contributed by atoms with Crippen molar-refractivity contribution in [2.75, 3.05) is 0 Å². The third-order valence-corrected chi connectivity index (χ3v) is 26.8. The lowest BCUT2D eigenvalue weighted by molar-refractivity contribution is -0.147. The van der Waals surface area contributed by atoms with Crippen LogP contribution in [-0.2, 0) is 4.57 Å². The van der Waals surface area contributed by atoms with E-state index in [0.717, 1.165) is 15.9 Å². The molecule has 3 aromatic rings. The summed E-state index contributed by atoms with van der Waals surface area (Å²) in [4.78, 5) is 15.1. The van der Waals surface area contributed by atoms with Crippen LogP contribution in [0.1, 0.15) is 41.5 Å². The van der Waals surface area contributed by atoms with Crippen molar-refractivity contribution in [2.45, 2.75) is 51.9 Å². The number of benzene rings is 3. The molecule has 0 radical (unpaired) electrons. The smallest absolute Gasteiger partial charge is 0.266 e. The van der Waals surface area contributed by atoms with E-state index in [1.165, 1.54) is 0 Å². The topological polar surface area (TPSA) is 40.1 Å². The van der Waals surface area contributed by atoms with E-state index in [2.05, 4.69) is 36.4 Å².